The lowest BCUT2D eigenvalue weighted by molar-refractivity contribution is 0.101. The Labute approximate surface area is 113 Å². The van der Waals surface area contributed by atoms with Crippen LogP contribution in [0, 0.1) is 0 Å². The summed E-state index contributed by atoms with van der Waals surface area (Å²) in [5.41, 5.74) is 1.64. The van der Waals surface area contributed by atoms with Crippen molar-refractivity contribution in [2.45, 2.75) is 19.9 Å². The molecule has 0 aliphatic carbocycles. The van der Waals surface area contributed by atoms with Gasteiger partial charge in [0.15, 0.2) is 5.78 Å². The van der Waals surface area contributed by atoms with E-state index in [1.807, 2.05) is 36.2 Å². The van der Waals surface area contributed by atoms with Crippen molar-refractivity contribution in [3.8, 4) is 0 Å². The molecule has 1 atom stereocenters. The highest BCUT2D eigenvalue weighted by molar-refractivity contribution is 5.94. The monoisotopic (exact) mass is 255 g/mol. The van der Waals surface area contributed by atoms with Gasteiger partial charge in [0.2, 0.25) is 0 Å². The van der Waals surface area contributed by atoms with Crippen molar-refractivity contribution in [1.82, 2.24) is 9.97 Å². The molecule has 4 nitrogen and oxygen atoms in total. The molecule has 0 fully saturated rings. The Bertz CT molecular complexity index is 569. The summed E-state index contributed by atoms with van der Waals surface area (Å²) in [6.07, 6.45) is 3.44. The maximum atomic E-state index is 11.4. The van der Waals surface area contributed by atoms with Crippen molar-refractivity contribution < 1.29 is 4.79 Å². The molecule has 0 N–H and O–H groups in total. The first-order chi connectivity index (χ1) is 9.09. The Hall–Kier alpha value is -2.23. The van der Waals surface area contributed by atoms with Gasteiger partial charge in [-0.2, -0.15) is 0 Å². The number of nitrogens with zero attached hydrogens (tertiary/aromatic N) is 3. The molecule has 2 rings (SSSR count). The number of rotatable bonds is 4. The summed E-state index contributed by atoms with van der Waals surface area (Å²) >= 11 is 0. The van der Waals surface area contributed by atoms with E-state index in [0.717, 1.165) is 11.5 Å². The summed E-state index contributed by atoms with van der Waals surface area (Å²) in [4.78, 5) is 22.1. The molecule has 2 heterocycles. The smallest absolute Gasteiger partial charge is 0.159 e. The Balaban J connectivity index is 2.26. The largest absolute Gasteiger partial charge is 0.351 e. The lowest BCUT2D eigenvalue weighted by atomic mass is 10.1. The van der Waals surface area contributed by atoms with Crippen molar-refractivity contribution >= 4 is 11.6 Å². The second-order valence-corrected chi connectivity index (χ2v) is 4.50. The average Bonchev–Trinajstić information content (AvgIpc) is 2.46. The predicted octanol–water partition coefficient (Wildman–Crippen LogP) is 2.88. The van der Waals surface area contributed by atoms with E-state index in [9.17, 15) is 4.79 Å². The van der Waals surface area contributed by atoms with E-state index in [1.165, 1.54) is 0 Å². The summed E-state index contributed by atoms with van der Waals surface area (Å²) in [7, 11) is 1.95. The molecule has 0 unspecified atom stereocenters. The summed E-state index contributed by atoms with van der Waals surface area (Å²) in [6.45, 7) is 3.62. The van der Waals surface area contributed by atoms with Gasteiger partial charge in [-0.3, -0.25) is 9.78 Å². The molecule has 2 aromatic rings. The van der Waals surface area contributed by atoms with Gasteiger partial charge in [-0.25, -0.2) is 4.98 Å². The minimum Gasteiger partial charge on any atom is -0.351 e. The topological polar surface area (TPSA) is 46.1 Å². The first-order valence-corrected chi connectivity index (χ1v) is 6.20. The zero-order valence-corrected chi connectivity index (χ0v) is 11.4. The quantitative estimate of drug-likeness (QED) is 0.788. The molecule has 0 radical (unpaired) electrons. The van der Waals surface area contributed by atoms with Crippen LogP contribution >= 0.6 is 0 Å². The third-order valence-corrected chi connectivity index (χ3v) is 3.21. The third-order valence-electron chi connectivity index (χ3n) is 3.21. The molecule has 19 heavy (non-hydrogen) atoms. The minimum absolute atomic E-state index is 0.0440. The maximum Gasteiger partial charge on any atom is 0.159 e. The van der Waals surface area contributed by atoms with Crippen LogP contribution in [0.5, 0.6) is 0 Å². The van der Waals surface area contributed by atoms with Crippen LogP contribution in [0.15, 0.2) is 42.7 Å². The lowest BCUT2D eigenvalue weighted by Gasteiger charge is -2.25. The number of pyridine rings is 2. The van der Waals surface area contributed by atoms with Crippen LogP contribution in [0.4, 0.5) is 5.82 Å². The third kappa shape index (κ3) is 2.96. The normalized spacial score (nSPS) is 11.9. The van der Waals surface area contributed by atoms with Crippen LogP contribution in [-0.4, -0.2) is 22.8 Å². The zero-order valence-electron chi connectivity index (χ0n) is 11.4. The fourth-order valence-electron chi connectivity index (χ4n) is 1.85. The highest BCUT2D eigenvalue weighted by Gasteiger charge is 2.15. The van der Waals surface area contributed by atoms with Crippen molar-refractivity contribution in [1.29, 1.82) is 0 Å². The van der Waals surface area contributed by atoms with Crippen LogP contribution in [0.25, 0.3) is 0 Å². The van der Waals surface area contributed by atoms with Crippen molar-refractivity contribution in [3.63, 3.8) is 0 Å². The standard InChI is InChI=1S/C15H17N3O/c1-11(14-6-4-5-8-16-14)18(3)15-10-13(12(2)19)7-9-17-15/h4-11H,1-3H3/t11-/m0/s1. The van der Waals surface area contributed by atoms with E-state index in [0.29, 0.717) is 5.56 Å². The van der Waals surface area contributed by atoms with Gasteiger partial charge in [-0.1, -0.05) is 6.07 Å². The molecule has 0 spiro atoms. The number of carbonyl (C=O) groups excluding carboxylic acids is 1. The van der Waals surface area contributed by atoms with Crippen LogP contribution < -0.4 is 4.90 Å². The second kappa shape index (κ2) is 5.61. The van der Waals surface area contributed by atoms with Gasteiger partial charge >= 0.3 is 0 Å². The molecule has 0 aromatic carbocycles. The van der Waals surface area contributed by atoms with E-state index < -0.39 is 0 Å². The van der Waals surface area contributed by atoms with E-state index in [1.54, 1.807) is 25.4 Å². The number of hydrogen-bond donors (Lipinski definition) is 0. The molecule has 4 heteroatoms. The molecule has 98 valence electrons. The maximum absolute atomic E-state index is 11.4. The molecule has 0 saturated carbocycles. The molecule has 2 aromatic heterocycles. The number of anilines is 1. The molecular weight excluding hydrogens is 238 g/mol. The van der Waals surface area contributed by atoms with Crippen LogP contribution in [0.1, 0.15) is 35.9 Å². The van der Waals surface area contributed by atoms with E-state index in [-0.39, 0.29) is 11.8 Å². The molecular formula is C15H17N3O. The van der Waals surface area contributed by atoms with Gasteiger partial charge in [-0.15, -0.1) is 0 Å². The van der Waals surface area contributed by atoms with Gasteiger partial charge < -0.3 is 4.90 Å². The second-order valence-electron chi connectivity index (χ2n) is 4.50. The van der Waals surface area contributed by atoms with Gasteiger partial charge in [0.25, 0.3) is 0 Å². The van der Waals surface area contributed by atoms with Crippen molar-refractivity contribution in [2.75, 3.05) is 11.9 Å². The lowest BCUT2D eigenvalue weighted by Crippen LogP contribution is -2.23. The zero-order chi connectivity index (χ0) is 13.8. The van der Waals surface area contributed by atoms with E-state index in [4.69, 9.17) is 0 Å². The van der Waals surface area contributed by atoms with Crippen molar-refractivity contribution in [3.05, 3.63) is 54.0 Å². The van der Waals surface area contributed by atoms with Gasteiger partial charge in [0.05, 0.1) is 11.7 Å². The number of aromatic nitrogens is 2. The highest BCUT2D eigenvalue weighted by atomic mass is 16.1. The van der Waals surface area contributed by atoms with Gasteiger partial charge in [0, 0.05) is 25.0 Å². The summed E-state index contributed by atoms with van der Waals surface area (Å²) in [6, 6.07) is 9.47. The Morgan fingerprint density at radius 1 is 1.21 bits per heavy atom. The SMILES string of the molecule is CC(=O)c1ccnc(N(C)[C@@H](C)c2ccccn2)c1. The van der Waals surface area contributed by atoms with Gasteiger partial charge in [-0.05, 0) is 38.1 Å². The number of ketones is 1. The first-order valence-electron chi connectivity index (χ1n) is 6.20. The first kappa shape index (κ1) is 13.2. The van der Waals surface area contributed by atoms with Crippen LogP contribution in [-0.2, 0) is 0 Å². The molecule has 0 saturated heterocycles. The number of carbonyl (C=O) groups is 1. The van der Waals surface area contributed by atoms with E-state index in [2.05, 4.69) is 16.9 Å². The van der Waals surface area contributed by atoms with E-state index >= 15 is 0 Å². The summed E-state index contributed by atoms with van der Waals surface area (Å²) < 4.78 is 0. The average molecular weight is 255 g/mol. The number of Topliss-reactive ketones (excluding diaryl/α,β-unsaturated/α-hetero) is 1. The highest BCUT2D eigenvalue weighted by Crippen LogP contribution is 2.22. The molecule has 0 amide bonds. The summed E-state index contributed by atoms with van der Waals surface area (Å²) in [5, 5.41) is 0. The molecule has 0 aliphatic heterocycles. The molecule has 0 aliphatic rings. The van der Waals surface area contributed by atoms with Crippen LogP contribution in [0.3, 0.4) is 0 Å². The Morgan fingerprint density at radius 2 is 2.00 bits per heavy atom. The molecule has 0 bridgehead atoms. The Morgan fingerprint density at radius 3 is 2.63 bits per heavy atom. The Kier molecular flexibility index (Phi) is 3.90. The fraction of sp³-hybridized carbons (Fsp3) is 0.267. The summed E-state index contributed by atoms with van der Waals surface area (Å²) in [5.74, 6) is 0.813. The predicted molar refractivity (Wildman–Crippen MR) is 75.3 cm³/mol. The van der Waals surface area contributed by atoms with Gasteiger partial charge in [0.1, 0.15) is 5.82 Å². The number of hydrogen-bond acceptors (Lipinski definition) is 4. The fourth-order valence-corrected chi connectivity index (χ4v) is 1.85. The van der Waals surface area contributed by atoms with Crippen LogP contribution in [0.2, 0.25) is 0 Å². The van der Waals surface area contributed by atoms with Crippen molar-refractivity contribution in [2.24, 2.45) is 0 Å². The minimum atomic E-state index is 0.0440.